The van der Waals surface area contributed by atoms with Crippen LogP contribution in [0.4, 0.5) is 0 Å². The molecule has 3 aromatic heterocycles. The Morgan fingerprint density at radius 1 is 0.171 bits per heavy atom. The first kappa shape index (κ1) is 47.5. The molecular formula is C78H53N3Si. The summed E-state index contributed by atoms with van der Waals surface area (Å²) in [5.41, 5.74) is 17.5. The molecule has 0 unspecified atom stereocenters. The normalized spacial score (nSPS) is 11.9. The lowest BCUT2D eigenvalue weighted by Crippen LogP contribution is -2.74. The Morgan fingerprint density at radius 2 is 0.549 bits per heavy atom. The second-order valence-corrected chi connectivity index (χ2v) is 25.4. The number of para-hydroxylation sites is 3. The number of nitrogens with zero attached hydrogens (tertiary/aromatic N) is 3. The fourth-order valence-electron chi connectivity index (χ4n) is 13.5. The molecule has 0 aliphatic carbocycles. The molecule has 82 heavy (non-hydrogen) atoms. The Kier molecular flexibility index (Phi) is 11.2. The van der Waals surface area contributed by atoms with Gasteiger partial charge in [0.2, 0.25) is 0 Å². The van der Waals surface area contributed by atoms with Gasteiger partial charge in [-0.2, -0.15) is 0 Å². The molecule has 0 fully saturated rings. The van der Waals surface area contributed by atoms with Gasteiger partial charge in [-0.1, -0.05) is 249 Å². The average Bonchev–Trinajstić information content (AvgIpc) is 4.31. The van der Waals surface area contributed by atoms with Gasteiger partial charge in [0, 0.05) is 49.4 Å². The molecule has 0 bridgehead atoms. The van der Waals surface area contributed by atoms with E-state index < -0.39 is 8.07 Å². The lowest BCUT2D eigenvalue weighted by Gasteiger charge is -2.35. The van der Waals surface area contributed by atoms with Gasteiger partial charge in [-0.25, -0.2) is 0 Å². The molecule has 13 aromatic carbocycles. The second kappa shape index (κ2) is 19.4. The molecule has 384 valence electrons. The van der Waals surface area contributed by atoms with Crippen molar-refractivity contribution in [3.63, 3.8) is 0 Å². The first-order valence-electron chi connectivity index (χ1n) is 28.3. The topological polar surface area (TPSA) is 14.8 Å². The van der Waals surface area contributed by atoms with Gasteiger partial charge in [0.05, 0.1) is 33.1 Å². The third-order valence-corrected chi connectivity index (χ3v) is 21.9. The zero-order valence-corrected chi connectivity index (χ0v) is 45.9. The smallest absolute Gasteiger partial charge is 0.179 e. The maximum atomic E-state index is 2.55. The number of aromatic nitrogens is 3. The SMILES string of the molecule is c1ccc(-c2cc(-n3c4ccccc4c4cc(-n5c6ccccc6c6cc(-c7ccccc7)ccc65)ccc43)cc(-n3c4ccccc4c4ccc([Si](c5ccccc5)(c5ccccc5)c5cccc(-c6ccccc6)c5)cc43)c2)cc1. The van der Waals surface area contributed by atoms with Crippen LogP contribution in [0.1, 0.15) is 0 Å². The molecule has 3 heterocycles. The molecule has 3 nitrogen and oxygen atoms in total. The van der Waals surface area contributed by atoms with Crippen molar-refractivity contribution < 1.29 is 0 Å². The van der Waals surface area contributed by atoms with Crippen molar-refractivity contribution >= 4 is 94.2 Å². The Bertz CT molecular complexity index is 5040. The van der Waals surface area contributed by atoms with E-state index in [2.05, 4.69) is 335 Å². The molecule has 0 spiro atoms. The predicted molar refractivity (Wildman–Crippen MR) is 349 cm³/mol. The third kappa shape index (κ3) is 7.57. The van der Waals surface area contributed by atoms with Crippen molar-refractivity contribution in [3.05, 3.63) is 322 Å². The molecule has 16 rings (SSSR count). The van der Waals surface area contributed by atoms with Gasteiger partial charge in [-0.05, 0) is 127 Å². The van der Waals surface area contributed by atoms with Crippen LogP contribution >= 0.6 is 0 Å². The van der Waals surface area contributed by atoms with Crippen molar-refractivity contribution in [1.82, 2.24) is 13.7 Å². The van der Waals surface area contributed by atoms with Crippen LogP contribution in [0.25, 0.3) is 116 Å². The largest absolute Gasteiger partial charge is 0.309 e. The monoisotopic (exact) mass is 1060 g/mol. The van der Waals surface area contributed by atoms with Crippen LogP contribution in [0.5, 0.6) is 0 Å². The van der Waals surface area contributed by atoms with Gasteiger partial charge >= 0.3 is 0 Å². The van der Waals surface area contributed by atoms with Gasteiger partial charge in [-0.15, -0.1) is 0 Å². The third-order valence-electron chi connectivity index (χ3n) is 17.1. The summed E-state index contributed by atoms with van der Waals surface area (Å²) in [5, 5.41) is 12.7. The Hall–Kier alpha value is -10.5. The van der Waals surface area contributed by atoms with Gasteiger partial charge < -0.3 is 13.7 Å². The molecular weight excluding hydrogens is 1010 g/mol. The maximum absolute atomic E-state index is 3.02. The highest BCUT2D eigenvalue weighted by Gasteiger charge is 2.42. The highest BCUT2D eigenvalue weighted by atomic mass is 28.3. The molecule has 0 amide bonds. The zero-order chi connectivity index (χ0) is 54.1. The van der Waals surface area contributed by atoms with Crippen LogP contribution in [-0.4, -0.2) is 21.8 Å². The van der Waals surface area contributed by atoms with Crippen LogP contribution in [0.2, 0.25) is 0 Å². The summed E-state index contributed by atoms with van der Waals surface area (Å²) in [6, 6.07) is 120. The first-order chi connectivity index (χ1) is 40.7. The standard InChI is InChI=1S/C78H53N3Si/c1-6-23-54(24-7-1)57-29-22-34-65(49-57)82(63-30-12-4-13-31-63,64-32-14-5-15-33-64)66-43-44-70-67-35-16-19-38-73(67)81(78(70)53-66)62-48-59(56-27-10-3-11-28-56)47-61(51-62)80-75-40-21-18-37-69(75)72-52-60(42-46-77(72)80)79-74-39-20-17-36-68(74)71-50-58(41-45-76(71)79)55-25-8-2-9-26-55/h1-53H. The summed E-state index contributed by atoms with van der Waals surface area (Å²) in [6.07, 6.45) is 0. The lowest BCUT2D eigenvalue weighted by atomic mass is 10.0. The predicted octanol–water partition coefficient (Wildman–Crippen LogP) is 17.4. The summed E-state index contributed by atoms with van der Waals surface area (Å²) in [7, 11) is -3.02. The average molecular weight is 1060 g/mol. The van der Waals surface area contributed by atoms with Crippen molar-refractivity contribution in [2.45, 2.75) is 0 Å². The number of benzene rings is 13. The summed E-state index contributed by atoms with van der Waals surface area (Å²) in [4.78, 5) is 0. The van der Waals surface area contributed by atoms with E-state index in [0.29, 0.717) is 0 Å². The van der Waals surface area contributed by atoms with E-state index in [9.17, 15) is 0 Å². The van der Waals surface area contributed by atoms with Crippen LogP contribution < -0.4 is 20.7 Å². The minimum Gasteiger partial charge on any atom is -0.309 e. The van der Waals surface area contributed by atoms with Crippen LogP contribution in [-0.2, 0) is 0 Å². The number of fused-ring (bicyclic) bond motifs is 9. The van der Waals surface area contributed by atoms with Gasteiger partial charge in [0.25, 0.3) is 0 Å². The molecule has 0 aliphatic heterocycles. The zero-order valence-electron chi connectivity index (χ0n) is 44.9. The molecule has 0 radical (unpaired) electrons. The van der Waals surface area contributed by atoms with E-state index in [1.54, 1.807) is 0 Å². The number of rotatable bonds is 10. The van der Waals surface area contributed by atoms with Gasteiger partial charge in [0.15, 0.2) is 8.07 Å². The van der Waals surface area contributed by atoms with Crippen molar-refractivity contribution in [1.29, 1.82) is 0 Å². The first-order valence-corrected chi connectivity index (χ1v) is 30.3. The van der Waals surface area contributed by atoms with Gasteiger partial charge in [-0.3, -0.25) is 0 Å². The quantitative estimate of drug-likeness (QED) is 0.0958. The second-order valence-electron chi connectivity index (χ2n) is 21.6. The molecule has 0 saturated heterocycles. The highest BCUT2D eigenvalue weighted by Crippen LogP contribution is 2.41. The van der Waals surface area contributed by atoms with Gasteiger partial charge in [0.1, 0.15) is 0 Å². The fraction of sp³-hybridized carbons (Fsp3) is 0. The Morgan fingerprint density at radius 3 is 1.11 bits per heavy atom. The van der Waals surface area contributed by atoms with E-state index >= 15 is 0 Å². The fourth-order valence-corrected chi connectivity index (χ4v) is 18.3. The summed E-state index contributed by atoms with van der Waals surface area (Å²) >= 11 is 0. The van der Waals surface area contributed by atoms with E-state index in [0.717, 1.165) is 44.7 Å². The maximum Gasteiger partial charge on any atom is 0.179 e. The number of hydrogen-bond donors (Lipinski definition) is 0. The minimum absolute atomic E-state index is 1.10. The summed E-state index contributed by atoms with van der Waals surface area (Å²) < 4.78 is 7.48. The molecule has 16 aromatic rings. The Labute approximate surface area is 477 Å². The molecule has 0 N–H and O–H groups in total. The van der Waals surface area contributed by atoms with Crippen LogP contribution in [0.3, 0.4) is 0 Å². The van der Waals surface area contributed by atoms with Crippen molar-refractivity contribution in [3.8, 4) is 50.4 Å². The van der Waals surface area contributed by atoms with E-state index in [-0.39, 0.29) is 0 Å². The summed E-state index contributed by atoms with van der Waals surface area (Å²) in [5.74, 6) is 0. The highest BCUT2D eigenvalue weighted by molar-refractivity contribution is 7.20. The van der Waals surface area contributed by atoms with E-state index in [1.807, 2.05) is 0 Å². The Balaban J connectivity index is 0.933. The van der Waals surface area contributed by atoms with E-state index in [4.69, 9.17) is 0 Å². The minimum atomic E-state index is -3.02. The molecule has 0 aliphatic rings. The van der Waals surface area contributed by atoms with Crippen molar-refractivity contribution in [2.24, 2.45) is 0 Å². The van der Waals surface area contributed by atoms with Crippen molar-refractivity contribution in [2.75, 3.05) is 0 Å². The van der Waals surface area contributed by atoms with Crippen LogP contribution in [0.15, 0.2) is 322 Å². The lowest BCUT2D eigenvalue weighted by molar-refractivity contribution is 1.13. The molecule has 0 saturated carbocycles. The summed E-state index contributed by atoms with van der Waals surface area (Å²) in [6.45, 7) is 0. The number of hydrogen-bond acceptors (Lipinski definition) is 0. The van der Waals surface area contributed by atoms with E-state index in [1.165, 1.54) is 91.9 Å². The van der Waals surface area contributed by atoms with Crippen LogP contribution in [0, 0.1) is 0 Å². The molecule has 0 atom stereocenters. The molecule has 4 heteroatoms.